The quantitative estimate of drug-likeness (QED) is 0.649. The SMILES string of the molecule is C[Si](C)(C)C#Cc1cc2ccccc2n1CCO. The molecule has 0 saturated heterocycles. The van der Waals surface area contributed by atoms with Crippen LogP contribution >= 0.6 is 0 Å². The molecule has 0 aliphatic rings. The van der Waals surface area contributed by atoms with Crippen LogP contribution in [0.1, 0.15) is 5.69 Å². The minimum absolute atomic E-state index is 0.139. The number of aliphatic hydroxyl groups is 1. The van der Waals surface area contributed by atoms with Gasteiger partial charge in [0.15, 0.2) is 0 Å². The van der Waals surface area contributed by atoms with Gasteiger partial charge in [-0.15, -0.1) is 5.54 Å². The molecule has 1 aromatic carbocycles. The number of nitrogens with zero attached hydrogens (tertiary/aromatic N) is 1. The van der Waals surface area contributed by atoms with Gasteiger partial charge >= 0.3 is 0 Å². The Bertz CT molecular complexity index is 611. The van der Waals surface area contributed by atoms with Crippen molar-refractivity contribution in [2.24, 2.45) is 0 Å². The lowest BCUT2D eigenvalue weighted by Gasteiger charge is -2.06. The number of benzene rings is 1. The van der Waals surface area contributed by atoms with Crippen LogP contribution in [-0.4, -0.2) is 24.4 Å². The molecule has 0 spiro atoms. The molecule has 0 aliphatic carbocycles. The first-order chi connectivity index (χ1) is 8.51. The summed E-state index contributed by atoms with van der Waals surface area (Å²) >= 11 is 0. The van der Waals surface area contributed by atoms with Gasteiger partial charge in [0.1, 0.15) is 8.07 Å². The second kappa shape index (κ2) is 5.01. The molecule has 0 saturated carbocycles. The van der Waals surface area contributed by atoms with Crippen molar-refractivity contribution in [1.29, 1.82) is 0 Å². The predicted octanol–water partition coefficient (Wildman–Crippen LogP) is 2.86. The maximum absolute atomic E-state index is 9.19. The number of fused-ring (bicyclic) bond motifs is 1. The van der Waals surface area contributed by atoms with Crippen molar-refractivity contribution in [2.45, 2.75) is 26.2 Å². The maximum atomic E-state index is 9.19. The van der Waals surface area contributed by atoms with E-state index in [9.17, 15) is 5.11 Å². The molecule has 94 valence electrons. The van der Waals surface area contributed by atoms with E-state index >= 15 is 0 Å². The molecule has 0 fully saturated rings. The lowest BCUT2D eigenvalue weighted by molar-refractivity contribution is 0.277. The summed E-state index contributed by atoms with van der Waals surface area (Å²) in [5, 5.41) is 10.4. The highest BCUT2D eigenvalue weighted by Crippen LogP contribution is 2.19. The third-order valence-electron chi connectivity index (χ3n) is 2.70. The summed E-state index contributed by atoms with van der Waals surface area (Å²) in [7, 11) is -1.37. The van der Waals surface area contributed by atoms with Crippen molar-refractivity contribution in [1.82, 2.24) is 4.57 Å². The molecular weight excluding hydrogens is 238 g/mol. The molecule has 1 aromatic heterocycles. The third kappa shape index (κ3) is 2.84. The Morgan fingerprint density at radius 2 is 1.94 bits per heavy atom. The van der Waals surface area contributed by atoms with Crippen LogP contribution in [0.5, 0.6) is 0 Å². The summed E-state index contributed by atoms with van der Waals surface area (Å²) in [6, 6.07) is 10.3. The number of para-hydroxylation sites is 1. The van der Waals surface area contributed by atoms with Crippen LogP contribution in [0.15, 0.2) is 30.3 Å². The highest BCUT2D eigenvalue weighted by molar-refractivity contribution is 6.83. The van der Waals surface area contributed by atoms with E-state index in [1.165, 1.54) is 5.39 Å². The molecular formula is C15H19NOSi. The van der Waals surface area contributed by atoms with E-state index in [0.29, 0.717) is 6.54 Å². The van der Waals surface area contributed by atoms with Crippen LogP contribution in [-0.2, 0) is 6.54 Å². The molecule has 2 rings (SSSR count). The molecule has 0 unspecified atom stereocenters. The van der Waals surface area contributed by atoms with Gasteiger partial charge < -0.3 is 9.67 Å². The highest BCUT2D eigenvalue weighted by Gasteiger charge is 2.09. The average Bonchev–Trinajstić information content (AvgIpc) is 2.65. The topological polar surface area (TPSA) is 25.2 Å². The number of aliphatic hydroxyl groups excluding tert-OH is 1. The first kappa shape index (κ1) is 12.9. The molecule has 0 bridgehead atoms. The second-order valence-corrected chi connectivity index (χ2v) is 10.2. The number of aromatic nitrogens is 1. The standard InChI is InChI=1S/C15H19NOSi/c1-18(2,3)11-8-14-12-13-6-4-5-7-15(13)16(14)9-10-17/h4-7,12,17H,9-10H2,1-3H3. The lowest BCUT2D eigenvalue weighted by atomic mass is 10.2. The molecule has 0 atom stereocenters. The summed E-state index contributed by atoms with van der Waals surface area (Å²) in [6.07, 6.45) is 0. The van der Waals surface area contributed by atoms with Gasteiger partial charge in [0.05, 0.1) is 12.3 Å². The van der Waals surface area contributed by atoms with Crippen molar-refractivity contribution >= 4 is 19.0 Å². The Hall–Kier alpha value is -1.50. The molecule has 2 nitrogen and oxygen atoms in total. The van der Waals surface area contributed by atoms with Crippen LogP contribution in [0.25, 0.3) is 10.9 Å². The zero-order valence-electron chi connectivity index (χ0n) is 11.2. The Labute approximate surface area is 109 Å². The van der Waals surface area contributed by atoms with E-state index in [4.69, 9.17) is 0 Å². The zero-order valence-corrected chi connectivity index (χ0v) is 12.2. The molecule has 1 N–H and O–H groups in total. The molecule has 0 radical (unpaired) electrons. The molecule has 0 aliphatic heterocycles. The van der Waals surface area contributed by atoms with Crippen molar-refractivity contribution < 1.29 is 5.11 Å². The second-order valence-electron chi connectivity index (χ2n) is 5.46. The van der Waals surface area contributed by atoms with E-state index in [1.54, 1.807) is 0 Å². The molecule has 0 amide bonds. The number of hydrogen-bond acceptors (Lipinski definition) is 1. The van der Waals surface area contributed by atoms with Crippen molar-refractivity contribution in [3.8, 4) is 11.5 Å². The smallest absolute Gasteiger partial charge is 0.129 e. The van der Waals surface area contributed by atoms with Gasteiger partial charge in [-0.25, -0.2) is 0 Å². The molecule has 3 heteroatoms. The lowest BCUT2D eigenvalue weighted by Crippen LogP contribution is -2.16. The Balaban J connectivity index is 2.54. The normalized spacial score (nSPS) is 11.3. The summed E-state index contributed by atoms with van der Waals surface area (Å²) in [5.74, 6) is 3.29. The van der Waals surface area contributed by atoms with Crippen LogP contribution in [0.3, 0.4) is 0 Å². The van der Waals surface area contributed by atoms with Gasteiger partial charge in [-0.05, 0) is 12.1 Å². The van der Waals surface area contributed by atoms with Gasteiger partial charge in [0.2, 0.25) is 0 Å². The predicted molar refractivity (Wildman–Crippen MR) is 79.2 cm³/mol. The largest absolute Gasteiger partial charge is 0.395 e. The number of rotatable bonds is 2. The monoisotopic (exact) mass is 257 g/mol. The van der Waals surface area contributed by atoms with Crippen LogP contribution in [0.4, 0.5) is 0 Å². The van der Waals surface area contributed by atoms with E-state index in [0.717, 1.165) is 11.2 Å². The average molecular weight is 257 g/mol. The minimum Gasteiger partial charge on any atom is -0.395 e. The summed E-state index contributed by atoms with van der Waals surface area (Å²) < 4.78 is 2.10. The van der Waals surface area contributed by atoms with Gasteiger partial charge in [0.25, 0.3) is 0 Å². The van der Waals surface area contributed by atoms with Crippen LogP contribution in [0, 0.1) is 11.5 Å². The van der Waals surface area contributed by atoms with Crippen molar-refractivity contribution in [2.75, 3.05) is 6.61 Å². The molecule has 2 aromatic rings. The van der Waals surface area contributed by atoms with Gasteiger partial charge in [-0.2, -0.15) is 0 Å². The van der Waals surface area contributed by atoms with Gasteiger partial charge in [-0.3, -0.25) is 0 Å². The zero-order chi connectivity index (χ0) is 13.2. The van der Waals surface area contributed by atoms with Gasteiger partial charge in [-0.1, -0.05) is 43.8 Å². The molecule has 1 heterocycles. The van der Waals surface area contributed by atoms with E-state index in [1.807, 2.05) is 12.1 Å². The number of hydrogen-bond donors (Lipinski definition) is 1. The Morgan fingerprint density at radius 3 is 2.61 bits per heavy atom. The van der Waals surface area contributed by atoms with Crippen molar-refractivity contribution in [3.63, 3.8) is 0 Å². The fraction of sp³-hybridized carbons (Fsp3) is 0.333. The highest BCUT2D eigenvalue weighted by atomic mass is 28.3. The Kier molecular flexibility index (Phi) is 3.60. The fourth-order valence-corrected chi connectivity index (χ4v) is 2.41. The van der Waals surface area contributed by atoms with E-state index in [2.05, 4.69) is 53.9 Å². The maximum Gasteiger partial charge on any atom is 0.129 e. The van der Waals surface area contributed by atoms with E-state index in [-0.39, 0.29) is 6.61 Å². The third-order valence-corrected chi connectivity index (χ3v) is 3.57. The fourth-order valence-electron chi connectivity index (χ4n) is 1.91. The minimum atomic E-state index is -1.37. The van der Waals surface area contributed by atoms with Gasteiger partial charge in [0, 0.05) is 17.4 Å². The van der Waals surface area contributed by atoms with Crippen LogP contribution < -0.4 is 0 Å². The first-order valence-electron chi connectivity index (χ1n) is 6.23. The van der Waals surface area contributed by atoms with Crippen molar-refractivity contribution in [3.05, 3.63) is 36.0 Å². The summed E-state index contributed by atoms with van der Waals surface area (Å²) in [4.78, 5) is 0. The summed E-state index contributed by atoms with van der Waals surface area (Å²) in [5.41, 5.74) is 5.54. The molecule has 18 heavy (non-hydrogen) atoms. The van der Waals surface area contributed by atoms with E-state index < -0.39 is 8.07 Å². The first-order valence-corrected chi connectivity index (χ1v) is 9.73. The summed E-state index contributed by atoms with van der Waals surface area (Å²) in [6.45, 7) is 7.45. The Morgan fingerprint density at radius 1 is 1.22 bits per heavy atom. The van der Waals surface area contributed by atoms with Crippen LogP contribution in [0.2, 0.25) is 19.6 Å².